The maximum atomic E-state index is 13.9. The van der Waals surface area contributed by atoms with E-state index in [-0.39, 0.29) is 23.4 Å². The van der Waals surface area contributed by atoms with Crippen molar-refractivity contribution < 1.29 is 33.0 Å². The molecule has 7 nitrogen and oxygen atoms in total. The number of amides is 2. The molecule has 0 aromatic heterocycles. The van der Waals surface area contributed by atoms with Crippen LogP contribution in [-0.2, 0) is 20.9 Å². The van der Waals surface area contributed by atoms with Crippen molar-refractivity contribution in [1.29, 1.82) is 0 Å². The van der Waals surface area contributed by atoms with Crippen LogP contribution in [0.3, 0.4) is 0 Å². The predicted molar refractivity (Wildman–Crippen MR) is 127 cm³/mol. The average Bonchev–Trinajstić information content (AvgIpc) is 3.06. The first-order valence-corrected chi connectivity index (χ1v) is 11.7. The van der Waals surface area contributed by atoms with Crippen molar-refractivity contribution in [2.24, 2.45) is 0 Å². The summed E-state index contributed by atoms with van der Waals surface area (Å²) in [5.41, 5.74) is 1.02. The van der Waals surface area contributed by atoms with Gasteiger partial charge in [0.15, 0.2) is 11.5 Å². The number of imide groups is 1. The molecule has 1 heterocycles. The lowest BCUT2D eigenvalue weighted by Gasteiger charge is -2.15. The molecular weight excluding hydrogens is 461 g/mol. The summed E-state index contributed by atoms with van der Waals surface area (Å²) in [6.07, 6.45) is 1.89. The third kappa shape index (κ3) is 6.38. The number of hydrogen-bond acceptors (Lipinski definition) is 7. The molecule has 1 saturated heterocycles. The highest BCUT2D eigenvalue weighted by molar-refractivity contribution is 8.18. The second kappa shape index (κ2) is 11.7. The molecule has 2 amide bonds. The van der Waals surface area contributed by atoms with Crippen LogP contribution in [0.4, 0.5) is 9.18 Å². The van der Waals surface area contributed by atoms with Crippen molar-refractivity contribution in [3.63, 3.8) is 0 Å². The molecular formula is C25H26FNO6S. The topological polar surface area (TPSA) is 82.1 Å². The molecule has 1 atom stereocenters. The minimum atomic E-state index is -0.632. The maximum absolute atomic E-state index is 13.9. The molecule has 2 aromatic rings. The Balaban J connectivity index is 1.74. The van der Waals surface area contributed by atoms with E-state index in [1.807, 2.05) is 13.8 Å². The summed E-state index contributed by atoms with van der Waals surface area (Å²) in [6.45, 7) is 5.39. The lowest BCUT2D eigenvalue weighted by Crippen LogP contribution is -2.35. The minimum Gasteiger partial charge on any atom is -0.490 e. The summed E-state index contributed by atoms with van der Waals surface area (Å²) in [5, 5.41) is -0.535. The molecule has 180 valence electrons. The third-order valence-electron chi connectivity index (χ3n) is 4.97. The zero-order chi connectivity index (χ0) is 24.7. The van der Waals surface area contributed by atoms with E-state index in [0.29, 0.717) is 35.7 Å². The van der Waals surface area contributed by atoms with E-state index in [1.54, 1.807) is 49.4 Å². The molecule has 3 rings (SSSR count). The molecule has 0 saturated carbocycles. The fraction of sp³-hybridized carbons (Fsp3) is 0.320. The summed E-state index contributed by atoms with van der Waals surface area (Å²) in [7, 11) is 0. The zero-order valence-electron chi connectivity index (χ0n) is 19.2. The number of nitrogens with zero attached hydrogens (tertiary/aromatic N) is 1. The van der Waals surface area contributed by atoms with Crippen LogP contribution < -0.4 is 9.47 Å². The van der Waals surface area contributed by atoms with Crippen LogP contribution in [0.5, 0.6) is 11.5 Å². The number of benzene rings is 2. The van der Waals surface area contributed by atoms with Crippen molar-refractivity contribution in [2.75, 3.05) is 13.2 Å². The van der Waals surface area contributed by atoms with Crippen molar-refractivity contribution in [3.8, 4) is 11.5 Å². The highest BCUT2D eigenvalue weighted by Gasteiger charge is 2.36. The standard InChI is InChI=1S/C25H26FNO6S/c1-4-16(3)33-23(28)14-27-24(29)22(34-25(27)30)13-17-10-11-20(21(12-17)31-5-2)32-15-18-8-6-7-9-19(18)26/h6-13,16H,4-5,14-15H2,1-3H3/b22-13+/t16-/m0/s1. The van der Waals surface area contributed by atoms with Gasteiger partial charge in [-0.1, -0.05) is 31.2 Å². The van der Waals surface area contributed by atoms with E-state index in [1.165, 1.54) is 6.07 Å². The quantitative estimate of drug-likeness (QED) is 0.337. The summed E-state index contributed by atoms with van der Waals surface area (Å²) >= 11 is 0.753. The van der Waals surface area contributed by atoms with Gasteiger partial charge in [0.25, 0.3) is 11.1 Å². The monoisotopic (exact) mass is 487 g/mol. The molecule has 0 unspecified atom stereocenters. The van der Waals surface area contributed by atoms with Crippen molar-refractivity contribution in [3.05, 3.63) is 64.3 Å². The number of carbonyl (C=O) groups excluding carboxylic acids is 3. The van der Waals surface area contributed by atoms with E-state index in [9.17, 15) is 18.8 Å². The van der Waals surface area contributed by atoms with E-state index < -0.39 is 23.7 Å². The minimum absolute atomic E-state index is 0.0255. The van der Waals surface area contributed by atoms with Gasteiger partial charge >= 0.3 is 5.97 Å². The van der Waals surface area contributed by atoms with Crippen LogP contribution >= 0.6 is 11.8 Å². The van der Waals surface area contributed by atoms with Crippen molar-refractivity contribution in [2.45, 2.75) is 39.9 Å². The van der Waals surface area contributed by atoms with Gasteiger partial charge in [-0.05, 0) is 61.9 Å². The Morgan fingerprint density at radius 3 is 2.59 bits per heavy atom. The second-order valence-electron chi connectivity index (χ2n) is 7.50. The van der Waals surface area contributed by atoms with Gasteiger partial charge in [0.2, 0.25) is 0 Å². The van der Waals surface area contributed by atoms with Gasteiger partial charge in [-0.25, -0.2) is 4.39 Å². The maximum Gasteiger partial charge on any atom is 0.326 e. The van der Waals surface area contributed by atoms with Gasteiger partial charge in [-0.3, -0.25) is 19.3 Å². The van der Waals surface area contributed by atoms with Gasteiger partial charge in [0, 0.05) is 5.56 Å². The van der Waals surface area contributed by atoms with Gasteiger partial charge in [-0.15, -0.1) is 0 Å². The Bertz CT molecular complexity index is 1100. The van der Waals surface area contributed by atoms with Crippen LogP contribution in [0, 0.1) is 5.82 Å². The summed E-state index contributed by atoms with van der Waals surface area (Å²) in [4.78, 5) is 38.1. The van der Waals surface area contributed by atoms with Gasteiger partial charge in [0.1, 0.15) is 19.0 Å². The molecule has 34 heavy (non-hydrogen) atoms. The van der Waals surface area contributed by atoms with Crippen LogP contribution in [0.1, 0.15) is 38.3 Å². The van der Waals surface area contributed by atoms with Crippen LogP contribution in [0.15, 0.2) is 47.4 Å². The smallest absolute Gasteiger partial charge is 0.326 e. The SMILES string of the molecule is CCOc1cc(/C=C2/SC(=O)N(CC(=O)O[C@@H](C)CC)C2=O)ccc1OCc1ccccc1F. The molecule has 9 heteroatoms. The number of rotatable bonds is 10. The highest BCUT2D eigenvalue weighted by Crippen LogP contribution is 2.35. The molecule has 0 N–H and O–H groups in total. The summed E-state index contributed by atoms with van der Waals surface area (Å²) in [5.74, 6) is -0.713. The summed E-state index contributed by atoms with van der Waals surface area (Å²) < 4.78 is 30.4. The average molecular weight is 488 g/mol. The molecule has 1 aliphatic heterocycles. The van der Waals surface area contributed by atoms with E-state index >= 15 is 0 Å². The van der Waals surface area contributed by atoms with E-state index in [4.69, 9.17) is 14.2 Å². The second-order valence-corrected chi connectivity index (χ2v) is 8.49. The fourth-order valence-electron chi connectivity index (χ4n) is 3.03. The Kier molecular flexibility index (Phi) is 8.70. The number of halogens is 1. The predicted octanol–water partition coefficient (Wildman–Crippen LogP) is 5.18. The third-order valence-corrected chi connectivity index (χ3v) is 5.88. The number of ether oxygens (including phenoxy) is 3. The van der Waals surface area contributed by atoms with E-state index in [2.05, 4.69) is 0 Å². The lowest BCUT2D eigenvalue weighted by atomic mass is 10.1. The molecule has 1 aliphatic rings. The normalized spacial score (nSPS) is 15.5. The largest absolute Gasteiger partial charge is 0.490 e. The number of thioether (sulfide) groups is 1. The van der Waals surface area contributed by atoms with Gasteiger partial charge < -0.3 is 14.2 Å². The molecule has 0 spiro atoms. The molecule has 1 fully saturated rings. The molecule has 0 radical (unpaired) electrons. The first-order chi connectivity index (χ1) is 16.3. The van der Waals surface area contributed by atoms with Crippen LogP contribution in [0.2, 0.25) is 0 Å². The fourth-order valence-corrected chi connectivity index (χ4v) is 3.87. The first kappa shape index (κ1) is 25.3. The van der Waals surface area contributed by atoms with Gasteiger partial charge in [0.05, 0.1) is 17.6 Å². The van der Waals surface area contributed by atoms with Crippen molar-refractivity contribution >= 4 is 35.0 Å². The van der Waals surface area contributed by atoms with E-state index in [0.717, 1.165) is 16.7 Å². The Morgan fingerprint density at radius 2 is 1.88 bits per heavy atom. The number of hydrogen-bond donors (Lipinski definition) is 0. The Morgan fingerprint density at radius 1 is 1.12 bits per heavy atom. The first-order valence-electron chi connectivity index (χ1n) is 10.9. The summed E-state index contributed by atoms with van der Waals surface area (Å²) in [6, 6.07) is 11.4. The number of carbonyl (C=O) groups is 3. The zero-order valence-corrected chi connectivity index (χ0v) is 20.0. The van der Waals surface area contributed by atoms with Crippen LogP contribution in [0.25, 0.3) is 6.08 Å². The lowest BCUT2D eigenvalue weighted by molar-refractivity contribution is -0.150. The Labute approximate surface area is 201 Å². The molecule has 0 bridgehead atoms. The van der Waals surface area contributed by atoms with Gasteiger partial charge in [-0.2, -0.15) is 0 Å². The van der Waals surface area contributed by atoms with Crippen LogP contribution in [-0.4, -0.2) is 41.3 Å². The highest BCUT2D eigenvalue weighted by atomic mass is 32.2. The molecule has 0 aliphatic carbocycles. The van der Waals surface area contributed by atoms with Crippen molar-refractivity contribution in [1.82, 2.24) is 4.90 Å². The Hall–Kier alpha value is -3.33. The number of esters is 1. The molecule has 2 aromatic carbocycles.